The zero-order chi connectivity index (χ0) is 10.8. The Hall–Kier alpha value is -0.930. The number of hydrogen-bond donors (Lipinski definition) is 1. The molecule has 0 amide bonds. The lowest BCUT2D eigenvalue weighted by molar-refractivity contribution is 0.173. The van der Waals surface area contributed by atoms with Crippen molar-refractivity contribution in [2.45, 2.75) is 13.3 Å². The Morgan fingerprint density at radius 2 is 2.13 bits per heavy atom. The molecular formula is C11H14ClNO2. The van der Waals surface area contributed by atoms with Crippen molar-refractivity contribution in [2.75, 3.05) is 20.4 Å². The maximum absolute atomic E-state index is 6.10. The van der Waals surface area contributed by atoms with Crippen molar-refractivity contribution in [3.05, 3.63) is 22.2 Å². The average Bonchev–Trinajstić information content (AvgIpc) is 2.70. The Morgan fingerprint density at radius 3 is 2.87 bits per heavy atom. The number of halogens is 1. The van der Waals surface area contributed by atoms with E-state index >= 15 is 0 Å². The van der Waals surface area contributed by atoms with Crippen LogP contribution in [-0.4, -0.2) is 20.4 Å². The molecule has 0 bridgehead atoms. The fourth-order valence-corrected chi connectivity index (χ4v) is 2.00. The molecule has 1 aliphatic rings. The van der Waals surface area contributed by atoms with Crippen molar-refractivity contribution in [1.29, 1.82) is 0 Å². The van der Waals surface area contributed by atoms with Gasteiger partial charge < -0.3 is 14.8 Å². The first-order chi connectivity index (χ1) is 7.24. The first kappa shape index (κ1) is 10.6. The molecule has 0 spiro atoms. The molecule has 0 aliphatic carbocycles. The summed E-state index contributed by atoms with van der Waals surface area (Å²) >= 11 is 6.10. The van der Waals surface area contributed by atoms with Crippen LogP contribution in [-0.2, 0) is 6.42 Å². The molecule has 0 saturated carbocycles. The maximum atomic E-state index is 6.10. The lowest BCUT2D eigenvalue weighted by atomic mass is 10.0. The summed E-state index contributed by atoms with van der Waals surface area (Å²) in [6, 6.07) is 1.96. The van der Waals surface area contributed by atoms with Crippen LogP contribution in [0, 0.1) is 6.92 Å². The highest BCUT2D eigenvalue weighted by Crippen LogP contribution is 2.43. The van der Waals surface area contributed by atoms with E-state index in [1.54, 1.807) is 0 Å². The van der Waals surface area contributed by atoms with Crippen LogP contribution >= 0.6 is 11.6 Å². The zero-order valence-electron chi connectivity index (χ0n) is 8.89. The van der Waals surface area contributed by atoms with Crippen LogP contribution < -0.4 is 14.8 Å². The molecule has 1 aromatic carbocycles. The highest BCUT2D eigenvalue weighted by atomic mass is 35.5. The zero-order valence-corrected chi connectivity index (χ0v) is 9.65. The third-order valence-corrected chi connectivity index (χ3v) is 2.88. The van der Waals surface area contributed by atoms with Gasteiger partial charge in [0, 0.05) is 0 Å². The first-order valence-corrected chi connectivity index (χ1v) is 5.34. The second-order valence-corrected chi connectivity index (χ2v) is 3.97. The first-order valence-electron chi connectivity index (χ1n) is 4.96. The van der Waals surface area contributed by atoms with Crippen molar-refractivity contribution in [1.82, 2.24) is 5.32 Å². The Bertz CT molecular complexity index is 379. The third kappa shape index (κ3) is 1.90. The number of nitrogens with one attached hydrogen (secondary N) is 1. The summed E-state index contributed by atoms with van der Waals surface area (Å²) in [4.78, 5) is 0. The fourth-order valence-electron chi connectivity index (χ4n) is 1.73. The van der Waals surface area contributed by atoms with Crippen LogP contribution in [0.4, 0.5) is 0 Å². The molecule has 4 heteroatoms. The van der Waals surface area contributed by atoms with Gasteiger partial charge in [-0.05, 0) is 44.1 Å². The summed E-state index contributed by atoms with van der Waals surface area (Å²) < 4.78 is 10.7. The number of likely N-dealkylation sites (N-methyl/N-ethyl adjacent to an activating group) is 1. The molecule has 1 N–H and O–H groups in total. The van der Waals surface area contributed by atoms with E-state index in [0.717, 1.165) is 24.3 Å². The van der Waals surface area contributed by atoms with Gasteiger partial charge in [-0.1, -0.05) is 11.6 Å². The summed E-state index contributed by atoms with van der Waals surface area (Å²) in [6.07, 6.45) is 0.943. The molecule has 0 radical (unpaired) electrons. The summed E-state index contributed by atoms with van der Waals surface area (Å²) in [5, 5.41) is 3.75. The van der Waals surface area contributed by atoms with Crippen molar-refractivity contribution in [2.24, 2.45) is 0 Å². The highest BCUT2D eigenvalue weighted by Gasteiger charge is 2.21. The van der Waals surface area contributed by atoms with Gasteiger partial charge in [0.2, 0.25) is 6.79 Å². The molecule has 2 rings (SSSR count). The van der Waals surface area contributed by atoms with Gasteiger partial charge in [0.05, 0.1) is 5.02 Å². The van der Waals surface area contributed by atoms with Gasteiger partial charge in [-0.15, -0.1) is 0 Å². The standard InChI is InChI=1S/C11H14ClNO2/c1-7-8(3-4-13-2)5-9(12)11-10(7)14-6-15-11/h5,13H,3-4,6H2,1-2H3. The lowest BCUT2D eigenvalue weighted by Gasteiger charge is -2.09. The molecule has 1 aliphatic heterocycles. The van der Waals surface area contributed by atoms with Gasteiger partial charge in [0.25, 0.3) is 0 Å². The summed E-state index contributed by atoms with van der Waals surface area (Å²) in [5.74, 6) is 1.48. The molecular weight excluding hydrogens is 214 g/mol. The third-order valence-electron chi connectivity index (χ3n) is 2.60. The van der Waals surface area contributed by atoms with Crippen LogP contribution in [0.15, 0.2) is 6.07 Å². The molecule has 82 valence electrons. The topological polar surface area (TPSA) is 30.5 Å². The van der Waals surface area contributed by atoms with E-state index in [1.807, 2.05) is 20.0 Å². The van der Waals surface area contributed by atoms with Crippen molar-refractivity contribution in [3.8, 4) is 11.5 Å². The number of rotatable bonds is 3. The predicted molar refractivity (Wildman–Crippen MR) is 59.9 cm³/mol. The summed E-state index contributed by atoms with van der Waals surface area (Å²) in [7, 11) is 1.93. The Morgan fingerprint density at radius 1 is 1.40 bits per heavy atom. The summed E-state index contributed by atoms with van der Waals surface area (Å²) in [6.45, 7) is 3.23. The van der Waals surface area contributed by atoms with Crippen LogP contribution in [0.1, 0.15) is 11.1 Å². The van der Waals surface area contributed by atoms with Gasteiger partial charge >= 0.3 is 0 Å². The van der Waals surface area contributed by atoms with E-state index in [1.165, 1.54) is 5.56 Å². The number of ether oxygens (including phenoxy) is 2. The molecule has 0 fully saturated rings. The number of fused-ring (bicyclic) bond motifs is 1. The van der Waals surface area contributed by atoms with Gasteiger partial charge in [-0.25, -0.2) is 0 Å². The molecule has 0 saturated heterocycles. The molecule has 15 heavy (non-hydrogen) atoms. The highest BCUT2D eigenvalue weighted by molar-refractivity contribution is 6.32. The minimum absolute atomic E-state index is 0.269. The van der Waals surface area contributed by atoms with Crippen LogP contribution in [0.25, 0.3) is 0 Å². The second kappa shape index (κ2) is 4.29. The van der Waals surface area contributed by atoms with E-state index < -0.39 is 0 Å². The summed E-state index contributed by atoms with van der Waals surface area (Å²) in [5.41, 5.74) is 2.33. The molecule has 0 unspecified atom stereocenters. The Kier molecular flexibility index (Phi) is 3.03. The molecule has 1 aromatic rings. The molecule has 3 nitrogen and oxygen atoms in total. The van der Waals surface area contributed by atoms with Gasteiger partial charge in [-0.3, -0.25) is 0 Å². The molecule has 1 heterocycles. The van der Waals surface area contributed by atoms with Crippen LogP contribution in [0.2, 0.25) is 5.02 Å². The SMILES string of the molecule is CNCCc1cc(Cl)c2c(c1C)OCO2. The van der Waals surface area contributed by atoms with Crippen molar-refractivity contribution >= 4 is 11.6 Å². The van der Waals surface area contributed by atoms with E-state index in [0.29, 0.717) is 10.8 Å². The average molecular weight is 228 g/mol. The minimum atomic E-state index is 0.269. The minimum Gasteiger partial charge on any atom is -0.453 e. The van der Waals surface area contributed by atoms with E-state index in [4.69, 9.17) is 21.1 Å². The van der Waals surface area contributed by atoms with Crippen molar-refractivity contribution < 1.29 is 9.47 Å². The number of benzene rings is 1. The second-order valence-electron chi connectivity index (χ2n) is 3.56. The Labute approximate surface area is 94.3 Å². The van der Waals surface area contributed by atoms with Crippen LogP contribution in [0.5, 0.6) is 11.5 Å². The van der Waals surface area contributed by atoms with Gasteiger partial charge in [0.15, 0.2) is 11.5 Å². The van der Waals surface area contributed by atoms with Crippen molar-refractivity contribution in [3.63, 3.8) is 0 Å². The smallest absolute Gasteiger partial charge is 0.231 e. The van der Waals surface area contributed by atoms with E-state index in [2.05, 4.69) is 5.32 Å². The Balaban J connectivity index is 2.36. The monoisotopic (exact) mass is 227 g/mol. The van der Waals surface area contributed by atoms with Crippen LogP contribution in [0.3, 0.4) is 0 Å². The fraction of sp³-hybridized carbons (Fsp3) is 0.455. The van der Waals surface area contributed by atoms with Gasteiger partial charge in [0.1, 0.15) is 0 Å². The largest absolute Gasteiger partial charge is 0.453 e. The maximum Gasteiger partial charge on any atom is 0.231 e. The van der Waals surface area contributed by atoms with Gasteiger partial charge in [-0.2, -0.15) is 0 Å². The quantitative estimate of drug-likeness (QED) is 0.858. The molecule has 0 atom stereocenters. The number of hydrogen-bond acceptors (Lipinski definition) is 3. The molecule has 0 aromatic heterocycles. The van der Waals surface area contributed by atoms with E-state index in [9.17, 15) is 0 Å². The lowest BCUT2D eigenvalue weighted by Crippen LogP contribution is -2.11. The van der Waals surface area contributed by atoms with E-state index in [-0.39, 0.29) is 6.79 Å². The predicted octanol–water partition coefficient (Wildman–Crippen LogP) is 2.14. The normalized spacial score (nSPS) is 13.3.